The van der Waals surface area contributed by atoms with Crippen LogP contribution in [0.25, 0.3) is 0 Å². The number of aliphatic hydroxyl groups excluding tert-OH is 1. The van der Waals surface area contributed by atoms with Gasteiger partial charge >= 0.3 is 0 Å². The number of aliphatic hydroxyl groups is 1. The Kier molecular flexibility index (Phi) is 5.83. The van der Waals surface area contributed by atoms with Gasteiger partial charge in [0.25, 0.3) is 0 Å². The van der Waals surface area contributed by atoms with Gasteiger partial charge in [-0.1, -0.05) is 12.1 Å². The maximum Gasteiger partial charge on any atom is 0.118 e. The van der Waals surface area contributed by atoms with Gasteiger partial charge in [0.1, 0.15) is 5.75 Å². The van der Waals surface area contributed by atoms with Gasteiger partial charge in [0.15, 0.2) is 0 Å². The van der Waals surface area contributed by atoms with E-state index in [-0.39, 0.29) is 6.61 Å². The van der Waals surface area contributed by atoms with Gasteiger partial charge in [-0.15, -0.1) is 0 Å². The molecule has 2 unspecified atom stereocenters. The molecule has 0 bridgehead atoms. The van der Waals surface area contributed by atoms with Crippen LogP contribution in [0, 0.1) is 0 Å². The molecular weight excluding hydrogens is 254 g/mol. The molecule has 4 nitrogen and oxygen atoms in total. The van der Waals surface area contributed by atoms with Crippen LogP contribution in [0.2, 0.25) is 0 Å². The molecule has 0 amide bonds. The predicted octanol–water partition coefficient (Wildman–Crippen LogP) is 1.88. The van der Waals surface area contributed by atoms with Crippen molar-refractivity contribution in [1.82, 2.24) is 4.90 Å². The molecule has 1 aliphatic rings. The van der Waals surface area contributed by atoms with Gasteiger partial charge in [-0.3, -0.25) is 4.90 Å². The summed E-state index contributed by atoms with van der Waals surface area (Å²) in [5.41, 5.74) is 1.39. The lowest BCUT2D eigenvalue weighted by Gasteiger charge is -2.20. The van der Waals surface area contributed by atoms with E-state index in [2.05, 4.69) is 24.0 Å². The number of hydrogen-bond acceptors (Lipinski definition) is 4. The molecule has 1 aliphatic heterocycles. The zero-order valence-electron chi connectivity index (χ0n) is 12.4. The zero-order valence-corrected chi connectivity index (χ0v) is 12.4. The lowest BCUT2D eigenvalue weighted by Crippen LogP contribution is -2.31. The first-order valence-corrected chi connectivity index (χ1v) is 7.31. The second kappa shape index (κ2) is 7.62. The molecule has 112 valence electrons. The molecule has 2 rings (SSSR count). The minimum absolute atomic E-state index is 0.101. The Bertz CT molecular complexity index is 393. The lowest BCUT2D eigenvalue weighted by molar-refractivity contribution is 0.0722. The summed E-state index contributed by atoms with van der Waals surface area (Å²) in [6, 6.07) is 8.99. The normalized spacial score (nSPS) is 23.1. The molecule has 0 aromatic heterocycles. The summed E-state index contributed by atoms with van der Waals surface area (Å²) in [5, 5.41) is 8.69. The van der Waals surface area contributed by atoms with Gasteiger partial charge in [-0.2, -0.15) is 0 Å². The standard InChI is InChI=1S/C16H25NO3/c1-13-11-15(12-17(13)7-9-20-10-8-18)14-3-5-16(19-2)6-4-14/h3-6,13,15,18H,7-12H2,1-2H3. The largest absolute Gasteiger partial charge is 0.497 e. The molecule has 1 N–H and O–H groups in total. The smallest absolute Gasteiger partial charge is 0.118 e. The quantitative estimate of drug-likeness (QED) is 0.774. The van der Waals surface area contributed by atoms with Crippen LogP contribution in [0.4, 0.5) is 0 Å². The van der Waals surface area contributed by atoms with Crippen LogP contribution < -0.4 is 4.74 Å². The van der Waals surface area contributed by atoms with E-state index in [1.807, 2.05) is 12.1 Å². The summed E-state index contributed by atoms with van der Waals surface area (Å²) in [5.74, 6) is 1.50. The van der Waals surface area contributed by atoms with Crippen LogP contribution in [0.5, 0.6) is 5.75 Å². The van der Waals surface area contributed by atoms with E-state index in [9.17, 15) is 0 Å². The molecule has 1 heterocycles. The molecule has 1 aromatic carbocycles. The van der Waals surface area contributed by atoms with Crippen LogP contribution in [0.3, 0.4) is 0 Å². The van der Waals surface area contributed by atoms with E-state index in [4.69, 9.17) is 14.6 Å². The number of rotatable bonds is 7. The lowest BCUT2D eigenvalue weighted by atomic mass is 9.97. The Balaban J connectivity index is 1.85. The van der Waals surface area contributed by atoms with E-state index in [0.29, 0.717) is 25.2 Å². The number of methoxy groups -OCH3 is 1. The Morgan fingerprint density at radius 3 is 2.65 bits per heavy atom. The average Bonchev–Trinajstić information content (AvgIpc) is 2.85. The molecule has 2 atom stereocenters. The second-order valence-electron chi connectivity index (χ2n) is 5.39. The van der Waals surface area contributed by atoms with Crippen molar-refractivity contribution in [2.45, 2.75) is 25.3 Å². The van der Waals surface area contributed by atoms with Gasteiger partial charge in [-0.25, -0.2) is 0 Å². The highest BCUT2D eigenvalue weighted by atomic mass is 16.5. The second-order valence-corrected chi connectivity index (χ2v) is 5.39. The average molecular weight is 279 g/mol. The van der Waals surface area contributed by atoms with E-state index in [1.165, 1.54) is 12.0 Å². The highest BCUT2D eigenvalue weighted by Gasteiger charge is 2.29. The number of ether oxygens (including phenoxy) is 2. The van der Waals surface area contributed by atoms with Crippen molar-refractivity contribution in [2.75, 3.05) is 40.0 Å². The maximum atomic E-state index is 8.69. The summed E-state index contributed by atoms with van der Waals surface area (Å²) in [6.45, 7) is 5.52. The zero-order chi connectivity index (χ0) is 14.4. The molecule has 1 fully saturated rings. The monoisotopic (exact) mass is 279 g/mol. The summed E-state index contributed by atoms with van der Waals surface area (Å²) < 4.78 is 10.6. The fraction of sp³-hybridized carbons (Fsp3) is 0.625. The molecule has 0 spiro atoms. The minimum atomic E-state index is 0.101. The third-order valence-corrected chi connectivity index (χ3v) is 4.05. The highest BCUT2D eigenvalue weighted by Crippen LogP contribution is 2.32. The van der Waals surface area contributed by atoms with Crippen molar-refractivity contribution in [3.8, 4) is 5.75 Å². The van der Waals surface area contributed by atoms with Crippen LogP contribution in [0.1, 0.15) is 24.8 Å². The van der Waals surface area contributed by atoms with Crippen molar-refractivity contribution in [3.63, 3.8) is 0 Å². The topological polar surface area (TPSA) is 41.9 Å². The molecule has 1 saturated heterocycles. The van der Waals surface area contributed by atoms with E-state index in [1.54, 1.807) is 7.11 Å². The highest BCUT2D eigenvalue weighted by molar-refractivity contribution is 5.30. The predicted molar refractivity (Wildman–Crippen MR) is 79.3 cm³/mol. The fourth-order valence-electron chi connectivity index (χ4n) is 2.88. The van der Waals surface area contributed by atoms with Gasteiger partial charge in [0, 0.05) is 19.1 Å². The van der Waals surface area contributed by atoms with Crippen molar-refractivity contribution in [1.29, 1.82) is 0 Å². The Hall–Kier alpha value is -1.10. The molecule has 4 heteroatoms. The van der Waals surface area contributed by atoms with Crippen molar-refractivity contribution in [2.24, 2.45) is 0 Å². The van der Waals surface area contributed by atoms with E-state index < -0.39 is 0 Å². The third-order valence-electron chi connectivity index (χ3n) is 4.05. The van der Waals surface area contributed by atoms with Crippen molar-refractivity contribution in [3.05, 3.63) is 29.8 Å². The van der Waals surface area contributed by atoms with Gasteiger partial charge < -0.3 is 14.6 Å². The Labute approximate surface area is 121 Å². The van der Waals surface area contributed by atoms with Crippen LogP contribution in [-0.4, -0.2) is 56.1 Å². The van der Waals surface area contributed by atoms with Crippen LogP contribution in [-0.2, 0) is 4.74 Å². The van der Waals surface area contributed by atoms with E-state index >= 15 is 0 Å². The minimum Gasteiger partial charge on any atom is -0.497 e. The van der Waals surface area contributed by atoms with Crippen LogP contribution >= 0.6 is 0 Å². The van der Waals surface area contributed by atoms with Crippen molar-refractivity contribution >= 4 is 0 Å². The third kappa shape index (κ3) is 3.95. The summed E-state index contributed by atoms with van der Waals surface area (Å²) >= 11 is 0. The Morgan fingerprint density at radius 2 is 2.00 bits per heavy atom. The molecular formula is C16H25NO3. The Morgan fingerprint density at radius 1 is 1.25 bits per heavy atom. The summed E-state index contributed by atoms with van der Waals surface area (Å²) in [7, 11) is 1.70. The molecule has 20 heavy (non-hydrogen) atoms. The number of nitrogens with zero attached hydrogens (tertiary/aromatic N) is 1. The van der Waals surface area contributed by atoms with Gasteiger partial charge in [0.2, 0.25) is 0 Å². The molecule has 0 radical (unpaired) electrons. The SMILES string of the molecule is COc1ccc(C2CC(C)N(CCOCCO)C2)cc1. The fourth-order valence-corrected chi connectivity index (χ4v) is 2.88. The maximum absolute atomic E-state index is 8.69. The van der Waals surface area contributed by atoms with Crippen molar-refractivity contribution < 1.29 is 14.6 Å². The molecule has 0 saturated carbocycles. The molecule has 1 aromatic rings. The first-order chi connectivity index (χ1) is 9.74. The van der Waals surface area contributed by atoms with Crippen LogP contribution in [0.15, 0.2) is 24.3 Å². The number of likely N-dealkylation sites (tertiary alicyclic amines) is 1. The van der Waals surface area contributed by atoms with Gasteiger partial charge in [-0.05, 0) is 37.0 Å². The first-order valence-electron chi connectivity index (χ1n) is 7.31. The number of benzene rings is 1. The first kappa shape index (κ1) is 15.3. The molecule has 0 aliphatic carbocycles. The van der Waals surface area contributed by atoms with E-state index in [0.717, 1.165) is 18.8 Å². The number of hydrogen-bond donors (Lipinski definition) is 1. The van der Waals surface area contributed by atoms with Gasteiger partial charge in [0.05, 0.1) is 26.9 Å². The summed E-state index contributed by atoms with van der Waals surface area (Å²) in [6.07, 6.45) is 1.19. The summed E-state index contributed by atoms with van der Waals surface area (Å²) in [4.78, 5) is 2.46.